The summed E-state index contributed by atoms with van der Waals surface area (Å²) in [6.07, 6.45) is -2.88. The number of benzene rings is 1. The molecule has 0 saturated carbocycles. The predicted octanol–water partition coefficient (Wildman–Crippen LogP) is 2.44. The second kappa shape index (κ2) is 8.92. The second-order valence-electron chi connectivity index (χ2n) is 6.52. The molecule has 0 spiro atoms. The van der Waals surface area contributed by atoms with Gasteiger partial charge in [-0.25, -0.2) is 13.1 Å². The summed E-state index contributed by atoms with van der Waals surface area (Å²) >= 11 is 0. The number of hydrogen-bond donors (Lipinski definition) is 2. The number of carbonyl (C=O) groups is 1. The molecule has 0 unspecified atom stereocenters. The Bertz CT molecular complexity index is 745. The smallest absolute Gasteiger partial charge is 0.376 e. The largest absolute Gasteiger partial charge is 0.416 e. The van der Waals surface area contributed by atoms with Crippen molar-refractivity contribution in [1.82, 2.24) is 9.62 Å². The second-order valence-corrected chi connectivity index (χ2v) is 8.40. The molecule has 0 bridgehead atoms. The summed E-state index contributed by atoms with van der Waals surface area (Å²) < 4.78 is 64.4. The molecule has 0 aromatic heterocycles. The molecule has 6 nitrogen and oxygen atoms in total. The normalized spacial score (nSPS) is 16.4. The summed E-state index contributed by atoms with van der Waals surface area (Å²) in [4.78, 5) is 13.8. The van der Waals surface area contributed by atoms with Crippen molar-refractivity contribution in [3.63, 3.8) is 0 Å². The lowest BCUT2D eigenvalue weighted by molar-refractivity contribution is -0.137. The molecule has 10 heteroatoms. The van der Waals surface area contributed by atoms with Crippen molar-refractivity contribution in [3.05, 3.63) is 29.8 Å². The molecular formula is C17H24F3N3O3S. The van der Waals surface area contributed by atoms with Gasteiger partial charge in [0.15, 0.2) is 0 Å². The maximum Gasteiger partial charge on any atom is 0.416 e. The van der Waals surface area contributed by atoms with Crippen LogP contribution >= 0.6 is 0 Å². The number of likely N-dealkylation sites (tertiary alicyclic amines) is 1. The molecule has 0 atom stereocenters. The van der Waals surface area contributed by atoms with Gasteiger partial charge in [-0.05, 0) is 37.5 Å². The fourth-order valence-corrected chi connectivity index (χ4v) is 4.32. The number of nitrogens with one attached hydrogen (secondary N) is 2. The van der Waals surface area contributed by atoms with Gasteiger partial charge in [0.25, 0.3) is 0 Å². The van der Waals surface area contributed by atoms with Crippen LogP contribution in [-0.4, -0.2) is 50.7 Å². The van der Waals surface area contributed by atoms with Gasteiger partial charge in [0.1, 0.15) is 0 Å². The van der Waals surface area contributed by atoms with Crippen LogP contribution in [0.15, 0.2) is 24.3 Å². The number of carbonyl (C=O) groups excluding carboxylic acids is 1. The van der Waals surface area contributed by atoms with Crippen LogP contribution < -0.4 is 10.0 Å². The summed E-state index contributed by atoms with van der Waals surface area (Å²) in [5, 5.41) is 2.72. The minimum absolute atomic E-state index is 0.0764. The Morgan fingerprint density at radius 1 is 1.26 bits per heavy atom. The molecule has 0 aliphatic carbocycles. The van der Waals surface area contributed by atoms with E-state index in [-0.39, 0.29) is 29.9 Å². The van der Waals surface area contributed by atoms with Crippen molar-refractivity contribution in [2.45, 2.75) is 38.4 Å². The molecular weight excluding hydrogens is 383 g/mol. The average Bonchev–Trinajstić information content (AvgIpc) is 2.59. The zero-order valence-electron chi connectivity index (χ0n) is 15.1. The number of amides is 1. The van der Waals surface area contributed by atoms with Crippen LogP contribution in [-0.2, 0) is 21.0 Å². The van der Waals surface area contributed by atoms with E-state index in [1.54, 1.807) is 11.8 Å². The lowest BCUT2D eigenvalue weighted by Crippen LogP contribution is -2.48. The SMILES string of the molecule is CCCS(=O)(=O)NC1CCN(C(=O)CNc2cccc(C(F)(F)F)c2)CC1. The van der Waals surface area contributed by atoms with Crippen LogP contribution in [0.2, 0.25) is 0 Å². The molecule has 1 aromatic carbocycles. The Morgan fingerprint density at radius 2 is 1.93 bits per heavy atom. The van der Waals surface area contributed by atoms with Crippen molar-refractivity contribution < 1.29 is 26.4 Å². The van der Waals surface area contributed by atoms with Crippen LogP contribution in [0.4, 0.5) is 18.9 Å². The Balaban J connectivity index is 1.81. The van der Waals surface area contributed by atoms with Gasteiger partial charge in [0.05, 0.1) is 17.9 Å². The first-order chi connectivity index (χ1) is 12.6. The highest BCUT2D eigenvalue weighted by atomic mass is 32.2. The third-order valence-corrected chi connectivity index (χ3v) is 5.94. The van der Waals surface area contributed by atoms with E-state index in [1.165, 1.54) is 12.1 Å². The molecule has 1 heterocycles. The first-order valence-corrected chi connectivity index (χ1v) is 10.4. The van der Waals surface area contributed by atoms with E-state index < -0.39 is 21.8 Å². The predicted molar refractivity (Wildman–Crippen MR) is 96.7 cm³/mol. The molecule has 1 saturated heterocycles. The summed E-state index contributed by atoms with van der Waals surface area (Å²) in [5.41, 5.74) is -0.555. The van der Waals surface area contributed by atoms with Gasteiger partial charge in [-0.3, -0.25) is 4.79 Å². The lowest BCUT2D eigenvalue weighted by atomic mass is 10.1. The zero-order valence-corrected chi connectivity index (χ0v) is 15.9. The van der Waals surface area contributed by atoms with Gasteiger partial charge in [-0.1, -0.05) is 13.0 Å². The number of hydrogen-bond acceptors (Lipinski definition) is 4. The molecule has 27 heavy (non-hydrogen) atoms. The van der Waals surface area contributed by atoms with Crippen molar-refractivity contribution >= 4 is 21.6 Å². The minimum Gasteiger partial charge on any atom is -0.376 e. The number of alkyl halides is 3. The third-order valence-electron chi connectivity index (χ3n) is 4.30. The summed E-state index contributed by atoms with van der Waals surface area (Å²) in [7, 11) is -3.29. The van der Waals surface area contributed by atoms with E-state index in [2.05, 4.69) is 10.0 Å². The maximum atomic E-state index is 12.7. The number of halogens is 3. The zero-order chi connectivity index (χ0) is 20.1. The fraction of sp³-hybridized carbons (Fsp3) is 0.588. The maximum absolute atomic E-state index is 12.7. The Hall–Kier alpha value is -1.81. The van der Waals surface area contributed by atoms with Crippen molar-refractivity contribution in [2.24, 2.45) is 0 Å². The standard InChI is InChI=1S/C17H24F3N3O3S/c1-2-10-27(25,26)22-14-6-8-23(9-7-14)16(24)12-21-15-5-3-4-13(11-15)17(18,19)20/h3-5,11,14,21-22H,2,6-10,12H2,1H3. The van der Waals surface area contributed by atoms with Gasteiger partial charge < -0.3 is 10.2 Å². The van der Waals surface area contributed by atoms with Crippen LogP contribution in [0.1, 0.15) is 31.7 Å². The number of piperidine rings is 1. The van der Waals surface area contributed by atoms with E-state index in [0.29, 0.717) is 32.4 Å². The Labute approximate surface area is 157 Å². The highest BCUT2D eigenvalue weighted by Gasteiger charge is 2.30. The monoisotopic (exact) mass is 407 g/mol. The molecule has 152 valence electrons. The van der Waals surface area contributed by atoms with E-state index in [9.17, 15) is 26.4 Å². The van der Waals surface area contributed by atoms with Crippen LogP contribution in [0, 0.1) is 0 Å². The highest BCUT2D eigenvalue weighted by molar-refractivity contribution is 7.89. The van der Waals surface area contributed by atoms with E-state index >= 15 is 0 Å². The molecule has 1 fully saturated rings. The van der Waals surface area contributed by atoms with Crippen LogP contribution in [0.5, 0.6) is 0 Å². The molecule has 2 rings (SSSR count). The first-order valence-electron chi connectivity index (χ1n) is 8.79. The van der Waals surface area contributed by atoms with Crippen molar-refractivity contribution in [2.75, 3.05) is 30.7 Å². The number of anilines is 1. The van der Waals surface area contributed by atoms with Crippen molar-refractivity contribution in [1.29, 1.82) is 0 Å². The number of rotatable bonds is 7. The lowest BCUT2D eigenvalue weighted by Gasteiger charge is -2.32. The minimum atomic E-state index is -4.44. The summed E-state index contributed by atoms with van der Waals surface area (Å²) in [6.45, 7) is 2.48. The molecule has 2 N–H and O–H groups in total. The molecule has 1 amide bonds. The topological polar surface area (TPSA) is 78.5 Å². The first kappa shape index (κ1) is 21.5. The molecule has 1 aliphatic heterocycles. The van der Waals surface area contributed by atoms with Crippen LogP contribution in [0.25, 0.3) is 0 Å². The summed E-state index contributed by atoms with van der Waals surface area (Å²) in [6, 6.07) is 4.49. The van der Waals surface area contributed by atoms with Gasteiger partial charge in [0.2, 0.25) is 15.9 Å². The van der Waals surface area contributed by atoms with Gasteiger partial charge in [-0.15, -0.1) is 0 Å². The molecule has 1 aromatic rings. The number of nitrogens with zero attached hydrogens (tertiary/aromatic N) is 1. The van der Waals surface area contributed by atoms with Crippen LogP contribution in [0.3, 0.4) is 0 Å². The van der Waals surface area contributed by atoms with Gasteiger partial charge in [-0.2, -0.15) is 13.2 Å². The Kier molecular flexibility index (Phi) is 7.10. The quantitative estimate of drug-likeness (QED) is 0.728. The summed E-state index contributed by atoms with van der Waals surface area (Å²) in [5.74, 6) is -0.158. The number of sulfonamides is 1. The fourth-order valence-electron chi connectivity index (χ4n) is 2.92. The highest BCUT2D eigenvalue weighted by Crippen LogP contribution is 2.30. The van der Waals surface area contributed by atoms with E-state index in [4.69, 9.17) is 0 Å². The van der Waals surface area contributed by atoms with E-state index in [1.807, 2.05) is 0 Å². The van der Waals surface area contributed by atoms with Crippen molar-refractivity contribution in [3.8, 4) is 0 Å². The molecule has 0 radical (unpaired) electrons. The van der Waals surface area contributed by atoms with E-state index in [0.717, 1.165) is 12.1 Å². The van der Waals surface area contributed by atoms with Gasteiger partial charge in [0, 0.05) is 24.8 Å². The average molecular weight is 407 g/mol. The third kappa shape index (κ3) is 6.69. The Morgan fingerprint density at radius 3 is 2.52 bits per heavy atom. The molecule has 1 aliphatic rings. The van der Waals surface area contributed by atoms with Gasteiger partial charge >= 0.3 is 6.18 Å².